The highest BCUT2D eigenvalue weighted by Gasteiger charge is 2.20. The molecule has 76 valence electrons. The van der Waals surface area contributed by atoms with Crippen LogP contribution >= 0.6 is 15.9 Å². The molecule has 0 saturated heterocycles. The van der Waals surface area contributed by atoms with Crippen molar-refractivity contribution in [2.24, 2.45) is 0 Å². The molecule has 1 rings (SSSR count). The van der Waals surface area contributed by atoms with Crippen LogP contribution in [0, 0.1) is 12.7 Å². The molecule has 0 fully saturated rings. The zero-order valence-electron chi connectivity index (χ0n) is 7.88. The molecule has 1 aromatic rings. The second-order valence-electron chi connectivity index (χ2n) is 2.91. The molecule has 0 aliphatic rings. The van der Waals surface area contributed by atoms with Crippen LogP contribution in [0.5, 0.6) is 0 Å². The molecule has 4 heteroatoms. The van der Waals surface area contributed by atoms with Crippen molar-refractivity contribution >= 4 is 21.9 Å². The lowest BCUT2D eigenvalue weighted by atomic mass is 10.1. The van der Waals surface area contributed by atoms with E-state index in [0.29, 0.717) is 5.56 Å². The Kier molecular flexibility index (Phi) is 3.63. The lowest BCUT2D eigenvalue weighted by Crippen LogP contribution is -2.09. The number of rotatable bonds is 2. The van der Waals surface area contributed by atoms with Gasteiger partial charge >= 0.3 is 5.97 Å². The zero-order chi connectivity index (χ0) is 10.7. The van der Waals surface area contributed by atoms with E-state index in [9.17, 15) is 9.18 Å². The number of methoxy groups -OCH3 is 1. The van der Waals surface area contributed by atoms with Crippen molar-refractivity contribution in [3.8, 4) is 0 Å². The number of hydrogen-bond acceptors (Lipinski definition) is 2. The molecular formula is C10H10BrFO2. The second kappa shape index (κ2) is 4.55. The molecule has 0 N–H and O–H groups in total. The Bertz CT molecular complexity index is 352. The van der Waals surface area contributed by atoms with Crippen molar-refractivity contribution in [2.45, 2.75) is 11.8 Å². The maximum Gasteiger partial charge on any atom is 0.324 e. The van der Waals surface area contributed by atoms with Gasteiger partial charge in [-0.15, -0.1) is 0 Å². The summed E-state index contributed by atoms with van der Waals surface area (Å²) in [6, 6.07) is 4.70. The van der Waals surface area contributed by atoms with Gasteiger partial charge in [0.15, 0.2) is 0 Å². The number of benzene rings is 1. The standard InChI is InChI=1S/C10H10BrFO2/c1-6-3-4-7(8(12)5-6)9(11)10(13)14-2/h3-5,9H,1-2H3. The number of hydrogen-bond donors (Lipinski definition) is 0. The molecule has 14 heavy (non-hydrogen) atoms. The van der Waals surface area contributed by atoms with Crippen LogP contribution in [0.4, 0.5) is 4.39 Å². The van der Waals surface area contributed by atoms with Crippen molar-refractivity contribution in [3.63, 3.8) is 0 Å². The van der Waals surface area contributed by atoms with Crippen molar-refractivity contribution in [1.29, 1.82) is 0 Å². The summed E-state index contributed by atoms with van der Waals surface area (Å²) in [5.74, 6) is -0.912. The van der Waals surface area contributed by atoms with Gasteiger partial charge in [0, 0.05) is 5.56 Å². The lowest BCUT2D eigenvalue weighted by Gasteiger charge is -2.09. The predicted molar refractivity (Wildman–Crippen MR) is 54.8 cm³/mol. The van der Waals surface area contributed by atoms with Gasteiger partial charge in [-0.1, -0.05) is 28.1 Å². The Morgan fingerprint density at radius 3 is 2.71 bits per heavy atom. The smallest absolute Gasteiger partial charge is 0.324 e. The van der Waals surface area contributed by atoms with E-state index in [2.05, 4.69) is 20.7 Å². The summed E-state index contributed by atoms with van der Waals surface area (Å²) in [6.07, 6.45) is 0. The molecule has 1 aromatic carbocycles. The second-order valence-corrected chi connectivity index (χ2v) is 3.83. The predicted octanol–water partition coefficient (Wildman–Crippen LogP) is 2.74. The van der Waals surface area contributed by atoms with Gasteiger partial charge in [0.1, 0.15) is 10.6 Å². The molecular weight excluding hydrogens is 251 g/mol. The summed E-state index contributed by atoms with van der Waals surface area (Å²) in [5.41, 5.74) is 1.11. The molecule has 0 aliphatic heterocycles. The first kappa shape index (κ1) is 11.2. The Balaban J connectivity index is 3.01. The third kappa shape index (κ3) is 2.32. The van der Waals surface area contributed by atoms with E-state index in [-0.39, 0.29) is 0 Å². The SMILES string of the molecule is COC(=O)C(Br)c1ccc(C)cc1F. The Morgan fingerprint density at radius 1 is 1.57 bits per heavy atom. The van der Waals surface area contributed by atoms with Crippen molar-refractivity contribution in [2.75, 3.05) is 7.11 Å². The molecule has 1 unspecified atom stereocenters. The number of aryl methyl sites for hydroxylation is 1. The number of alkyl halides is 1. The molecule has 0 aromatic heterocycles. The van der Waals surface area contributed by atoms with Crippen LogP contribution in [0.3, 0.4) is 0 Å². The van der Waals surface area contributed by atoms with E-state index in [1.165, 1.54) is 13.2 Å². The van der Waals surface area contributed by atoms with Gasteiger partial charge in [0.25, 0.3) is 0 Å². The minimum absolute atomic E-state index is 0.294. The largest absolute Gasteiger partial charge is 0.468 e. The molecule has 1 atom stereocenters. The van der Waals surface area contributed by atoms with E-state index in [0.717, 1.165) is 5.56 Å². The first-order chi connectivity index (χ1) is 6.56. The Labute approximate surface area is 90.2 Å². The molecule has 0 bridgehead atoms. The van der Waals surface area contributed by atoms with Gasteiger partial charge in [-0.05, 0) is 18.6 Å². The summed E-state index contributed by atoms with van der Waals surface area (Å²) >= 11 is 3.07. The fourth-order valence-electron chi connectivity index (χ4n) is 1.07. The fraction of sp³-hybridized carbons (Fsp3) is 0.300. The van der Waals surface area contributed by atoms with Gasteiger partial charge in [0.05, 0.1) is 7.11 Å². The quantitative estimate of drug-likeness (QED) is 0.604. The van der Waals surface area contributed by atoms with Crippen LogP contribution in [0.25, 0.3) is 0 Å². The lowest BCUT2D eigenvalue weighted by molar-refractivity contribution is -0.139. The van der Waals surface area contributed by atoms with Crippen LogP contribution in [0.1, 0.15) is 16.0 Å². The molecule has 0 heterocycles. The molecule has 0 radical (unpaired) electrons. The van der Waals surface area contributed by atoms with Crippen molar-refractivity contribution in [1.82, 2.24) is 0 Å². The molecule has 0 amide bonds. The summed E-state index contributed by atoms with van der Waals surface area (Å²) in [6.45, 7) is 1.79. The first-order valence-corrected chi connectivity index (χ1v) is 4.95. The molecule has 0 aliphatic carbocycles. The van der Waals surface area contributed by atoms with Crippen LogP contribution in [0.2, 0.25) is 0 Å². The van der Waals surface area contributed by atoms with Gasteiger partial charge in [-0.3, -0.25) is 4.79 Å². The van der Waals surface area contributed by atoms with E-state index < -0.39 is 16.6 Å². The summed E-state index contributed by atoms with van der Waals surface area (Å²) < 4.78 is 17.9. The van der Waals surface area contributed by atoms with Gasteiger partial charge < -0.3 is 4.74 Å². The summed E-state index contributed by atoms with van der Waals surface area (Å²) in [5, 5.41) is 0. The third-order valence-electron chi connectivity index (χ3n) is 1.84. The van der Waals surface area contributed by atoms with Crippen molar-refractivity contribution < 1.29 is 13.9 Å². The number of carbonyl (C=O) groups is 1. The van der Waals surface area contributed by atoms with E-state index in [1.807, 2.05) is 0 Å². The normalized spacial score (nSPS) is 12.3. The highest BCUT2D eigenvalue weighted by Crippen LogP contribution is 2.26. The maximum absolute atomic E-state index is 13.4. The minimum Gasteiger partial charge on any atom is -0.468 e. The number of carbonyl (C=O) groups excluding carboxylic acids is 1. The average molecular weight is 261 g/mol. The molecule has 0 spiro atoms. The topological polar surface area (TPSA) is 26.3 Å². The van der Waals surface area contributed by atoms with Crippen LogP contribution < -0.4 is 0 Å². The zero-order valence-corrected chi connectivity index (χ0v) is 9.47. The monoisotopic (exact) mass is 260 g/mol. The fourth-order valence-corrected chi connectivity index (χ4v) is 1.63. The Hall–Kier alpha value is -0.900. The highest BCUT2D eigenvalue weighted by atomic mass is 79.9. The number of ether oxygens (including phenoxy) is 1. The Morgan fingerprint density at radius 2 is 2.21 bits per heavy atom. The number of halogens is 2. The summed E-state index contributed by atoms with van der Waals surface area (Å²) in [7, 11) is 1.27. The third-order valence-corrected chi connectivity index (χ3v) is 2.70. The maximum atomic E-state index is 13.4. The van der Waals surface area contributed by atoms with Gasteiger partial charge in [0.2, 0.25) is 0 Å². The average Bonchev–Trinajstić information content (AvgIpc) is 2.15. The molecule has 0 saturated carbocycles. The van der Waals surface area contributed by atoms with Crippen LogP contribution in [-0.2, 0) is 9.53 Å². The van der Waals surface area contributed by atoms with Gasteiger partial charge in [-0.2, -0.15) is 0 Å². The highest BCUT2D eigenvalue weighted by molar-refractivity contribution is 9.09. The number of esters is 1. The molecule has 2 nitrogen and oxygen atoms in total. The van der Waals surface area contributed by atoms with E-state index >= 15 is 0 Å². The van der Waals surface area contributed by atoms with Gasteiger partial charge in [-0.25, -0.2) is 4.39 Å². The minimum atomic E-state index is -0.743. The first-order valence-electron chi connectivity index (χ1n) is 4.04. The van der Waals surface area contributed by atoms with E-state index in [1.54, 1.807) is 19.1 Å². The van der Waals surface area contributed by atoms with Crippen LogP contribution in [0.15, 0.2) is 18.2 Å². The van der Waals surface area contributed by atoms with Crippen LogP contribution in [-0.4, -0.2) is 13.1 Å². The van der Waals surface area contributed by atoms with E-state index in [4.69, 9.17) is 0 Å². The summed E-state index contributed by atoms with van der Waals surface area (Å²) in [4.78, 5) is 10.4. The van der Waals surface area contributed by atoms with Crippen molar-refractivity contribution in [3.05, 3.63) is 35.1 Å².